The molecule has 0 spiro atoms. The Morgan fingerprint density at radius 1 is 0.972 bits per heavy atom. The van der Waals surface area contributed by atoms with Gasteiger partial charge in [0.2, 0.25) is 5.91 Å². The van der Waals surface area contributed by atoms with Gasteiger partial charge < -0.3 is 19.5 Å². The van der Waals surface area contributed by atoms with Crippen molar-refractivity contribution in [3.05, 3.63) is 66.2 Å². The number of benzene rings is 3. The van der Waals surface area contributed by atoms with Crippen LogP contribution in [0.1, 0.15) is 16.8 Å². The van der Waals surface area contributed by atoms with Gasteiger partial charge in [0.05, 0.1) is 26.7 Å². The van der Waals surface area contributed by atoms with E-state index in [9.17, 15) is 19.2 Å². The minimum absolute atomic E-state index is 0.0678. The number of carbonyl (C=O) groups is 4. The fourth-order valence-corrected chi connectivity index (χ4v) is 3.91. The normalized spacial score (nSPS) is 14.9. The van der Waals surface area contributed by atoms with Crippen molar-refractivity contribution in [2.45, 2.75) is 6.42 Å². The van der Waals surface area contributed by atoms with Gasteiger partial charge in [-0.15, -0.1) is 0 Å². The SMILES string of the molecule is COc1ccc(C(=O)NN2C[C@@H](C(=O)OCC(=O)Nc3cccc4ccccc34)CC2=O)cc1OC. The Hall–Kier alpha value is -4.60. The summed E-state index contributed by atoms with van der Waals surface area (Å²) < 4.78 is 15.5. The first-order chi connectivity index (χ1) is 17.4. The first kappa shape index (κ1) is 24.5. The Balaban J connectivity index is 1.30. The quantitative estimate of drug-likeness (QED) is 0.464. The monoisotopic (exact) mass is 491 g/mol. The molecule has 2 N–H and O–H groups in total. The number of esters is 1. The van der Waals surface area contributed by atoms with E-state index in [4.69, 9.17) is 14.2 Å². The Labute approximate surface area is 207 Å². The molecule has 1 aliphatic rings. The van der Waals surface area contributed by atoms with E-state index in [2.05, 4.69) is 10.7 Å². The average Bonchev–Trinajstić information content (AvgIpc) is 3.26. The number of hydrogen-bond donors (Lipinski definition) is 2. The van der Waals surface area contributed by atoms with Gasteiger partial charge in [0.15, 0.2) is 18.1 Å². The zero-order chi connectivity index (χ0) is 25.7. The topological polar surface area (TPSA) is 123 Å². The van der Waals surface area contributed by atoms with Gasteiger partial charge in [-0.2, -0.15) is 0 Å². The Kier molecular flexibility index (Phi) is 7.33. The lowest BCUT2D eigenvalue weighted by atomic mass is 10.1. The number of carbonyl (C=O) groups excluding carboxylic acids is 4. The second-order valence-corrected chi connectivity index (χ2v) is 8.10. The van der Waals surface area contributed by atoms with E-state index >= 15 is 0 Å². The molecule has 1 atom stereocenters. The molecule has 1 fully saturated rings. The highest BCUT2D eigenvalue weighted by molar-refractivity contribution is 6.03. The second kappa shape index (κ2) is 10.8. The fourth-order valence-electron chi connectivity index (χ4n) is 3.91. The third kappa shape index (κ3) is 5.38. The van der Waals surface area contributed by atoms with Gasteiger partial charge in [-0.3, -0.25) is 29.6 Å². The van der Waals surface area contributed by atoms with E-state index in [0.29, 0.717) is 17.2 Å². The molecule has 3 aromatic rings. The van der Waals surface area contributed by atoms with Gasteiger partial charge >= 0.3 is 5.97 Å². The summed E-state index contributed by atoms with van der Waals surface area (Å²) >= 11 is 0. The van der Waals surface area contributed by atoms with Crippen LogP contribution in [0.3, 0.4) is 0 Å². The predicted octanol–water partition coefficient (Wildman–Crippen LogP) is 2.53. The number of nitrogens with zero attached hydrogens (tertiary/aromatic N) is 1. The van der Waals surface area contributed by atoms with Crippen LogP contribution < -0.4 is 20.2 Å². The summed E-state index contributed by atoms with van der Waals surface area (Å²) in [5.41, 5.74) is 3.35. The molecule has 3 aromatic carbocycles. The minimum Gasteiger partial charge on any atom is -0.493 e. The molecule has 1 saturated heterocycles. The van der Waals surface area contributed by atoms with Crippen molar-refractivity contribution >= 4 is 40.2 Å². The smallest absolute Gasteiger partial charge is 0.311 e. The van der Waals surface area contributed by atoms with E-state index in [-0.39, 0.29) is 18.5 Å². The van der Waals surface area contributed by atoms with Crippen molar-refractivity contribution in [3.63, 3.8) is 0 Å². The number of fused-ring (bicyclic) bond motifs is 1. The van der Waals surface area contributed by atoms with Crippen molar-refractivity contribution in [1.82, 2.24) is 10.4 Å². The highest BCUT2D eigenvalue weighted by atomic mass is 16.5. The van der Waals surface area contributed by atoms with Crippen LogP contribution in [-0.4, -0.2) is 56.1 Å². The molecular formula is C26H25N3O7. The van der Waals surface area contributed by atoms with Crippen LogP contribution in [0.25, 0.3) is 10.8 Å². The number of hydrogen-bond acceptors (Lipinski definition) is 7. The van der Waals surface area contributed by atoms with Crippen molar-refractivity contribution in [1.29, 1.82) is 0 Å². The van der Waals surface area contributed by atoms with Crippen LogP contribution in [0.5, 0.6) is 11.5 Å². The maximum Gasteiger partial charge on any atom is 0.311 e. The number of hydrazine groups is 1. The lowest BCUT2D eigenvalue weighted by molar-refractivity contribution is -0.151. The summed E-state index contributed by atoms with van der Waals surface area (Å²) in [6.45, 7) is -0.563. The number of methoxy groups -OCH3 is 2. The molecule has 10 heteroatoms. The van der Waals surface area contributed by atoms with Gasteiger partial charge in [-0.1, -0.05) is 36.4 Å². The summed E-state index contributed by atoms with van der Waals surface area (Å²) in [6, 6.07) is 17.7. The molecule has 0 saturated carbocycles. The van der Waals surface area contributed by atoms with Crippen LogP contribution in [0.15, 0.2) is 60.7 Å². The lowest BCUT2D eigenvalue weighted by Gasteiger charge is -2.18. The summed E-state index contributed by atoms with van der Waals surface area (Å²) in [5, 5.41) is 5.64. The van der Waals surface area contributed by atoms with Crippen LogP contribution in [0, 0.1) is 5.92 Å². The van der Waals surface area contributed by atoms with E-state index < -0.39 is 36.2 Å². The molecule has 1 heterocycles. The zero-order valence-electron chi connectivity index (χ0n) is 19.8. The summed E-state index contributed by atoms with van der Waals surface area (Å²) in [5.74, 6) is -2.17. The van der Waals surface area contributed by atoms with Crippen molar-refractivity contribution < 1.29 is 33.4 Å². The van der Waals surface area contributed by atoms with Crippen molar-refractivity contribution in [3.8, 4) is 11.5 Å². The molecule has 36 heavy (non-hydrogen) atoms. The standard InChI is InChI=1S/C26H25N3O7/c1-34-21-11-10-17(12-22(21)35-2)25(32)28-29-14-18(13-24(29)31)26(33)36-15-23(30)27-20-9-5-7-16-6-3-4-8-19(16)20/h3-12,18H,13-15H2,1-2H3,(H,27,30)(H,28,32)/t18-/m0/s1. The van der Waals surface area contributed by atoms with E-state index in [1.165, 1.54) is 26.4 Å². The molecule has 4 rings (SSSR count). The molecule has 186 valence electrons. The molecular weight excluding hydrogens is 466 g/mol. The maximum absolute atomic E-state index is 12.6. The van der Waals surface area contributed by atoms with Crippen LogP contribution in [0.4, 0.5) is 5.69 Å². The molecule has 1 aliphatic heterocycles. The summed E-state index contributed by atoms with van der Waals surface area (Å²) in [6.07, 6.45) is -0.143. The zero-order valence-corrected chi connectivity index (χ0v) is 19.8. The van der Waals surface area contributed by atoms with E-state index in [0.717, 1.165) is 15.8 Å². The number of anilines is 1. The van der Waals surface area contributed by atoms with Gasteiger partial charge in [-0.05, 0) is 29.7 Å². The van der Waals surface area contributed by atoms with Gasteiger partial charge in [-0.25, -0.2) is 0 Å². The van der Waals surface area contributed by atoms with Crippen LogP contribution in [0.2, 0.25) is 0 Å². The van der Waals surface area contributed by atoms with Gasteiger partial charge in [0, 0.05) is 23.1 Å². The van der Waals surface area contributed by atoms with Crippen LogP contribution >= 0.6 is 0 Å². The number of nitrogens with one attached hydrogen (secondary N) is 2. The maximum atomic E-state index is 12.6. The van der Waals surface area contributed by atoms with Gasteiger partial charge in [0.1, 0.15) is 0 Å². The molecule has 10 nitrogen and oxygen atoms in total. The molecule has 0 bridgehead atoms. The number of ether oxygens (including phenoxy) is 3. The number of rotatable bonds is 8. The summed E-state index contributed by atoms with van der Waals surface area (Å²) in [7, 11) is 2.93. The first-order valence-corrected chi connectivity index (χ1v) is 11.2. The molecule has 0 radical (unpaired) electrons. The van der Waals surface area contributed by atoms with Crippen LogP contribution in [-0.2, 0) is 19.1 Å². The van der Waals surface area contributed by atoms with Crippen molar-refractivity contribution in [2.75, 3.05) is 32.7 Å². The lowest BCUT2D eigenvalue weighted by Crippen LogP contribution is -2.43. The third-order valence-corrected chi connectivity index (χ3v) is 5.75. The van der Waals surface area contributed by atoms with E-state index in [1.807, 2.05) is 36.4 Å². The second-order valence-electron chi connectivity index (χ2n) is 8.10. The Morgan fingerprint density at radius 3 is 2.50 bits per heavy atom. The number of amides is 3. The Morgan fingerprint density at radius 2 is 1.72 bits per heavy atom. The first-order valence-electron chi connectivity index (χ1n) is 11.2. The Bertz CT molecular complexity index is 1320. The molecule has 0 aliphatic carbocycles. The van der Waals surface area contributed by atoms with E-state index in [1.54, 1.807) is 12.1 Å². The predicted molar refractivity (Wildman–Crippen MR) is 130 cm³/mol. The third-order valence-electron chi connectivity index (χ3n) is 5.75. The molecule has 0 aromatic heterocycles. The summed E-state index contributed by atoms with van der Waals surface area (Å²) in [4.78, 5) is 49.8. The molecule has 0 unspecified atom stereocenters. The minimum atomic E-state index is -0.812. The average molecular weight is 492 g/mol. The fraction of sp³-hybridized carbons (Fsp3) is 0.231. The molecule has 3 amide bonds. The highest BCUT2D eigenvalue weighted by Crippen LogP contribution is 2.28. The van der Waals surface area contributed by atoms with Crippen molar-refractivity contribution in [2.24, 2.45) is 5.92 Å². The highest BCUT2D eigenvalue weighted by Gasteiger charge is 2.36. The van der Waals surface area contributed by atoms with Gasteiger partial charge in [0.25, 0.3) is 11.8 Å². The largest absolute Gasteiger partial charge is 0.493 e.